The van der Waals surface area contributed by atoms with Crippen molar-refractivity contribution in [1.82, 2.24) is 30.1 Å². The number of aromatic amines is 1. The van der Waals surface area contributed by atoms with Crippen LogP contribution in [0.4, 0.5) is 5.69 Å². The number of methoxy groups -OCH3 is 1. The van der Waals surface area contributed by atoms with E-state index in [-0.39, 0.29) is 11.7 Å². The van der Waals surface area contributed by atoms with Crippen molar-refractivity contribution in [3.05, 3.63) is 75.3 Å². The van der Waals surface area contributed by atoms with Gasteiger partial charge in [-0.1, -0.05) is 17.7 Å². The smallest absolute Gasteiger partial charge is 0.253 e. The third-order valence-electron chi connectivity index (χ3n) is 7.43. The van der Waals surface area contributed by atoms with Crippen LogP contribution in [-0.2, 0) is 11.3 Å². The van der Waals surface area contributed by atoms with E-state index < -0.39 is 6.04 Å². The lowest BCUT2D eigenvalue weighted by Crippen LogP contribution is -2.49. The summed E-state index contributed by atoms with van der Waals surface area (Å²) in [5.41, 5.74) is 2.29. The Balaban J connectivity index is 1.37. The summed E-state index contributed by atoms with van der Waals surface area (Å²) in [5, 5.41) is 14.4. The van der Waals surface area contributed by atoms with Crippen LogP contribution >= 0.6 is 11.6 Å². The first-order valence-corrected chi connectivity index (χ1v) is 13.3. The Morgan fingerprint density at radius 3 is 2.79 bits per heavy atom. The summed E-state index contributed by atoms with van der Waals surface area (Å²) in [5.74, 6) is 1.37. The van der Waals surface area contributed by atoms with Crippen LogP contribution in [0.3, 0.4) is 0 Å². The van der Waals surface area contributed by atoms with E-state index in [2.05, 4.69) is 36.4 Å². The van der Waals surface area contributed by atoms with Crippen molar-refractivity contribution in [1.29, 1.82) is 0 Å². The molecule has 10 nitrogen and oxygen atoms in total. The number of tetrazole rings is 1. The number of ether oxygens (including phenoxy) is 2. The number of hydrogen-bond donors (Lipinski definition) is 1. The van der Waals surface area contributed by atoms with Crippen LogP contribution in [0.2, 0.25) is 5.02 Å². The van der Waals surface area contributed by atoms with Crippen LogP contribution in [0.15, 0.2) is 53.3 Å². The molecular weight excluding hydrogens is 506 g/mol. The van der Waals surface area contributed by atoms with Crippen LogP contribution in [0.5, 0.6) is 5.75 Å². The molecule has 0 bridgehead atoms. The largest absolute Gasteiger partial charge is 0.497 e. The van der Waals surface area contributed by atoms with Crippen molar-refractivity contribution in [3.8, 4) is 5.75 Å². The maximum atomic E-state index is 13.5. The lowest BCUT2D eigenvalue weighted by molar-refractivity contribution is 0.0906. The van der Waals surface area contributed by atoms with Crippen LogP contribution in [-0.4, -0.2) is 76.1 Å². The van der Waals surface area contributed by atoms with Crippen molar-refractivity contribution < 1.29 is 9.47 Å². The van der Waals surface area contributed by atoms with E-state index in [4.69, 9.17) is 21.1 Å². The van der Waals surface area contributed by atoms with Gasteiger partial charge in [0, 0.05) is 60.0 Å². The molecule has 2 aliphatic heterocycles. The number of anilines is 1. The van der Waals surface area contributed by atoms with Crippen LogP contribution in [0, 0.1) is 0 Å². The Morgan fingerprint density at radius 1 is 1.16 bits per heavy atom. The van der Waals surface area contributed by atoms with Gasteiger partial charge in [0.25, 0.3) is 5.56 Å². The molecule has 6 rings (SSSR count). The number of hydrogen-bond acceptors (Lipinski definition) is 8. The van der Waals surface area contributed by atoms with E-state index in [1.807, 2.05) is 42.5 Å². The number of aromatic nitrogens is 5. The molecule has 4 heterocycles. The molecule has 0 radical (unpaired) electrons. The molecule has 1 N–H and O–H groups in total. The van der Waals surface area contributed by atoms with Crippen LogP contribution < -0.4 is 15.2 Å². The molecule has 2 aliphatic rings. The zero-order valence-corrected chi connectivity index (χ0v) is 22.0. The Bertz CT molecular complexity index is 1480. The van der Waals surface area contributed by atoms with Gasteiger partial charge in [-0.15, -0.1) is 5.10 Å². The predicted molar refractivity (Wildman–Crippen MR) is 145 cm³/mol. The Labute approximate surface area is 225 Å². The van der Waals surface area contributed by atoms with Gasteiger partial charge >= 0.3 is 0 Å². The summed E-state index contributed by atoms with van der Waals surface area (Å²) in [7, 11) is 1.63. The molecule has 0 spiro atoms. The van der Waals surface area contributed by atoms with Gasteiger partial charge in [0.05, 0.1) is 19.8 Å². The Hall–Kier alpha value is -3.47. The van der Waals surface area contributed by atoms with E-state index in [0.29, 0.717) is 23.0 Å². The second kappa shape index (κ2) is 10.7. The zero-order chi connectivity index (χ0) is 26.1. The summed E-state index contributed by atoms with van der Waals surface area (Å²) in [6, 6.07) is 15.1. The number of fused-ring (bicyclic) bond motifs is 1. The number of benzene rings is 2. The maximum absolute atomic E-state index is 13.5. The molecule has 0 aliphatic carbocycles. The van der Waals surface area contributed by atoms with Crippen molar-refractivity contribution in [2.75, 3.05) is 44.8 Å². The maximum Gasteiger partial charge on any atom is 0.253 e. The summed E-state index contributed by atoms with van der Waals surface area (Å²) in [6.07, 6.45) is 2.07. The molecule has 2 unspecified atom stereocenters. The molecule has 38 heavy (non-hydrogen) atoms. The number of rotatable bonds is 7. The predicted octanol–water partition coefficient (Wildman–Crippen LogP) is 3.27. The molecule has 2 fully saturated rings. The highest BCUT2D eigenvalue weighted by molar-refractivity contribution is 6.30. The first kappa shape index (κ1) is 24.8. The highest BCUT2D eigenvalue weighted by Gasteiger charge is 2.33. The Morgan fingerprint density at radius 2 is 2.03 bits per heavy atom. The first-order valence-electron chi connectivity index (χ1n) is 12.9. The monoisotopic (exact) mass is 535 g/mol. The number of nitrogens with zero attached hydrogens (tertiary/aromatic N) is 6. The standard InChI is InChI=1S/C27H30ClN7O3/c1-37-21-7-8-24-18(14-21)15-23(27(36)29-24)25(26-30-31-32-35(26)17-22-6-3-13-38-22)34-11-9-33(10-12-34)20-5-2-4-19(28)16-20/h2,4-5,7-8,14-16,22,25H,3,6,9-13,17H2,1H3,(H,29,36). The minimum atomic E-state index is -0.424. The molecule has 0 amide bonds. The van der Waals surface area contributed by atoms with Crippen molar-refractivity contribution in [3.63, 3.8) is 0 Å². The van der Waals surface area contributed by atoms with Gasteiger partial charge in [-0.05, 0) is 65.7 Å². The summed E-state index contributed by atoms with van der Waals surface area (Å²) in [6.45, 7) is 4.32. The van der Waals surface area contributed by atoms with Gasteiger partial charge in [-0.2, -0.15) is 0 Å². The van der Waals surface area contributed by atoms with Gasteiger partial charge in [0.2, 0.25) is 0 Å². The topological polar surface area (TPSA) is 101 Å². The third-order valence-corrected chi connectivity index (χ3v) is 7.67. The zero-order valence-electron chi connectivity index (χ0n) is 21.2. The molecule has 2 aromatic heterocycles. The first-order chi connectivity index (χ1) is 18.6. The second-order valence-electron chi connectivity index (χ2n) is 9.77. The minimum Gasteiger partial charge on any atom is -0.497 e. The number of pyridine rings is 1. The highest BCUT2D eigenvalue weighted by Crippen LogP contribution is 2.30. The summed E-state index contributed by atoms with van der Waals surface area (Å²) in [4.78, 5) is 21.2. The number of piperazine rings is 1. The molecule has 11 heteroatoms. The minimum absolute atomic E-state index is 0.0664. The summed E-state index contributed by atoms with van der Waals surface area (Å²) >= 11 is 6.25. The van der Waals surface area contributed by atoms with Crippen molar-refractivity contribution >= 4 is 28.2 Å². The molecule has 4 aromatic rings. The molecule has 2 saturated heterocycles. The van der Waals surface area contributed by atoms with E-state index in [1.54, 1.807) is 11.8 Å². The quantitative estimate of drug-likeness (QED) is 0.385. The molecule has 0 saturated carbocycles. The third kappa shape index (κ3) is 4.99. The molecule has 198 valence electrons. The van der Waals surface area contributed by atoms with Gasteiger partial charge in [-0.3, -0.25) is 9.69 Å². The SMILES string of the molecule is COc1ccc2[nH]c(=O)c(C(c3nnnn3CC3CCCO3)N3CCN(c4cccc(Cl)c4)CC3)cc2c1. The van der Waals surface area contributed by atoms with Gasteiger partial charge in [0.1, 0.15) is 11.8 Å². The average molecular weight is 536 g/mol. The van der Waals surface area contributed by atoms with Gasteiger partial charge in [-0.25, -0.2) is 4.68 Å². The van der Waals surface area contributed by atoms with Crippen molar-refractivity contribution in [2.24, 2.45) is 0 Å². The summed E-state index contributed by atoms with van der Waals surface area (Å²) < 4.78 is 13.1. The van der Waals surface area contributed by atoms with Gasteiger partial charge in [0.15, 0.2) is 5.82 Å². The normalized spacial score (nSPS) is 19.2. The number of H-pyrrole nitrogens is 1. The number of nitrogens with one attached hydrogen (secondary N) is 1. The lowest BCUT2D eigenvalue weighted by atomic mass is 10.0. The van der Waals surface area contributed by atoms with E-state index >= 15 is 0 Å². The molecule has 2 atom stereocenters. The lowest BCUT2D eigenvalue weighted by Gasteiger charge is -2.39. The second-order valence-corrected chi connectivity index (χ2v) is 10.2. The number of halogens is 1. The fraction of sp³-hybridized carbons (Fsp3) is 0.407. The molecule has 2 aromatic carbocycles. The fourth-order valence-electron chi connectivity index (χ4n) is 5.46. The van der Waals surface area contributed by atoms with Gasteiger partial charge < -0.3 is 19.4 Å². The van der Waals surface area contributed by atoms with Crippen LogP contribution in [0.25, 0.3) is 10.9 Å². The van der Waals surface area contributed by atoms with Crippen LogP contribution in [0.1, 0.15) is 30.3 Å². The van der Waals surface area contributed by atoms with E-state index in [0.717, 1.165) is 68.0 Å². The molecular formula is C27H30ClN7O3. The van der Waals surface area contributed by atoms with E-state index in [1.165, 1.54) is 0 Å². The Kier molecular flexibility index (Phi) is 7.01. The van der Waals surface area contributed by atoms with E-state index in [9.17, 15) is 4.79 Å². The fourth-order valence-corrected chi connectivity index (χ4v) is 5.65. The average Bonchev–Trinajstić information content (AvgIpc) is 3.62. The highest BCUT2D eigenvalue weighted by atomic mass is 35.5. The van der Waals surface area contributed by atoms with Crippen molar-refractivity contribution in [2.45, 2.75) is 31.5 Å².